The van der Waals surface area contributed by atoms with Gasteiger partial charge >= 0.3 is 11.9 Å². The van der Waals surface area contributed by atoms with Crippen LogP contribution in [-0.2, 0) is 14.4 Å². The number of rotatable bonds is 21. The first-order chi connectivity index (χ1) is 15.1. The quantitative estimate of drug-likeness (QED) is 0.195. The van der Waals surface area contributed by atoms with Crippen molar-refractivity contribution >= 4 is 17.9 Å². The molecule has 0 amide bonds. The molecule has 0 bridgehead atoms. The number of carbonyl (C=O) groups is 3. The van der Waals surface area contributed by atoms with Crippen molar-refractivity contribution in [3.05, 3.63) is 0 Å². The highest BCUT2D eigenvalue weighted by molar-refractivity contribution is 5.76. The van der Waals surface area contributed by atoms with Gasteiger partial charge in [-0.1, -0.05) is 84.0 Å². The molecule has 2 N–H and O–H groups in total. The third kappa shape index (κ3) is 10.3. The SMILES string of the molecule is CCCCCCCCCCCCCCCC[N+](C(C)C(=O)[O-])(C(C)C(=O)O)C(C)C(=O)O. The largest absolute Gasteiger partial charge is 0.544 e. The Morgan fingerprint density at radius 1 is 0.625 bits per heavy atom. The second-order valence-electron chi connectivity index (χ2n) is 9.34. The Bertz CT molecular complexity index is 500. The maximum atomic E-state index is 11.7. The molecule has 32 heavy (non-hydrogen) atoms. The molecule has 0 aromatic carbocycles. The summed E-state index contributed by atoms with van der Waals surface area (Å²) in [4.78, 5) is 35.1. The molecule has 0 radical (unpaired) electrons. The zero-order chi connectivity index (χ0) is 24.6. The molecule has 0 rings (SSSR count). The highest BCUT2D eigenvalue weighted by Gasteiger charge is 2.50. The Labute approximate surface area is 194 Å². The second kappa shape index (κ2) is 16.9. The molecule has 0 aliphatic rings. The summed E-state index contributed by atoms with van der Waals surface area (Å²) in [5, 5.41) is 30.8. The van der Waals surface area contributed by atoms with Gasteiger partial charge in [0.15, 0.2) is 12.1 Å². The molecule has 0 aliphatic carbocycles. The van der Waals surface area contributed by atoms with Crippen molar-refractivity contribution in [3.8, 4) is 0 Å². The summed E-state index contributed by atoms with van der Waals surface area (Å²) in [5.74, 6) is -3.82. The molecule has 0 aromatic rings. The Hall–Kier alpha value is -1.63. The van der Waals surface area contributed by atoms with Gasteiger partial charge in [-0.2, -0.15) is 0 Å². The molecule has 188 valence electrons. The molecule has 7 nitrogen and oxygen atoms in total. The van der Waals surface area contributed by atoms with Gasteiger partial charge < -0.3 is 20.1 Å². The van der Waals surface area contributed by atoms with Crippen LogP contribution in [0.2, 0.25) is 0 Å². The minimum absolute atomic E-state index is 0.189. The van der Waals surface area contributed by atoms with Crippen LogP contribution in [-0.4, -0.2) is 57.3 Å². The fraction of sp³-hybridized carbons (Fsp3) is 0.880. The number of nitrogens with zero attached hydrogens (tertiary/aromatic N) is 1. The molecular weight excluding hydrogens is 410 g/mol. The van der Waals surface area contributed by atoms with E-state index >= 15 is 0 Å². The number of hydrogen-bond acceptors (Lipinski definition) is 4. The maximum Gasteiger partial charge on any atom is 0.362 e. The summed E-state index contributed by atoms with van der Waals surface area (Å²) in [6.07, 6.45) is 16.5. The lowest BCUT2D eigenvalue weighted by Gasteiger charge is -2.49. The molecule has 7 heteroatoms. The summed E-state index contributed by atoms with van der Waals surface area (Å²) >= 11 is 0. The van der Waals surface area contributed by atoms with E-state index in [0.717, 1.165) is 19.3 Å². The van der Waals surface area contributed by atoms with Gasteiger partial charge in [0.05, 0.1) is 12.5 Å². The van der Waals surface area contributed by atoms with Crippen LogP contribution in [0.1, 0.15) is 118 Å². The van der Waals surface area contributed by atoms with Crippen molar-refractivity contribution < 1.29 is 34.2 Å². The number of hydrogen-bond donors (Lipinski definition) is 2. The molecule has 0 saturated carbocycles. The molecule has 0 saturated heterocycles. The van der Waals surface area contributed by atoms with Gasteiger partial charge in [-0.05, 0) is 33.6 Å². The van der Waals surface area contributed by atoms with E-state index in [2.05, 4.69) is 6.92 Å². The number of quaternary nitrogens is 1. The normalized spacial score (nSPS) is 16.1. The first kappa shape index (κ1) is 30.4. The maximum absolute atomic E-state index is 11.7. The van der Waals surface area contributed by atoms with E-state index in [0.29, 0.717) is 6.42 Å². The molecule has 0 aliphatic heterocycles. The average molecular weight is 458 g/mol. The second-order valence-corrected chi connectivity index (χ2v) is 9.34. The Morgan fingerprint density at radius 2 is 0.938 bits per heavy atom. The molecule has 0 spiro atoms. The van der Waals surface area contributed by atoms with Gasteiger partial charge in [0.1, 0.15) is 6.04 Å². The lowest BCUT2D eigenvalue weighted by molar-refractivity contribution is -0.969. The summed E-state index contributed by atoms with van der Waals surface area (Å²) < 4.78 is -0.536. The van der Waals surface area contributed by atoms with E-state index in [4.69, 9.17) is 0 Å². The Kier molecular flexibility index (Phi) is 16.1. The molecule has 0 aromatic heterocycles. The fourth-order valence-corrected chi connectivity index (χ4v) is 4.77. The van der Waals surface area contributed by atoms with Crippen LogP contribution in [0.25, 0.3) is 0 Å². The van der Waals surface area contributed by atoms with Crippen molar-refractivity contribution in [2.45, 2.75) is 136 Å². The molecule has 3 unspecified atom stereocenters. The topological polar surface area (TPSA) is 115 Å². The van der Waals surface area contributed by atoms with Gasteiger partial charge in [0.25, 0.3) is 0 Å². The van der Waals surface area contributed by atoms with Gasteiger partial charge in [0.2, 0.25) is 0 Å². The fourth-order valence-electron chi connectivity index (χ4n) is 4.77. The van der Waals surface area contributed by atoms with E-state index in [1.807, 2.05) is 0 Å². The highest BCUT2D eigenvalue weighted by atomic mass is 16.4. The summed E-state index contributed by atoms with van der Waals surface area (Å²) in [6, 6.07) is -3.54. The summed E-state index contributed by atoms with van der Waals surface area (Å²) in [5.41, 5.74) is 0. The number of unbranched alkanes of at least 4 members (excludes halogenated alkanes) is 13. The summed E-state index contributed by atoms with van der Waals surface area (Å²) in [6.45, 7) is 6.57. The van der Waals surface area contributed by atoms with Crippen LogP contribution in [0.4, 0.5) is 0 Å². The Morgan fingerprint density at radius 3 is 1.22 bits per heavy atom. The molecule has 3 atom stereocenters. The zero-order valence-corrected chi connectivity index (χ0v) is 20.8. The van der Waals surface area contributed by atoms with Crippen LogP contribution in [0.15, 0.2) is 0 Å². The average Bonchev–Trinajstić information content (AvgIpc) is 2.75. The number of carboxylic acid groups (broad SMARTS) is 3. The lowest BCUT2D eigenvalue weighted by atomic mass is 10.00. The van der Waals surface area contributed by atoms with Crippen molar-refractivity contribution in [3.63, 3.8) is 0 Å². The van der Waals surface area contributed by atoms with Crippen molar-refractivity contribution in [1.29, 1.82) is 0 Å². The van der Waals surface area contributed by atoms with Crippen molar-refractivity contribution in [1.82, 2.24) is 0 Å². The van der Waals surface area contributed by atoms with E-state index in [1.54, 1.807) is 0 Å². The van der Waals surface area contributed by atoms with Crippen molar-refractivity contribution in [2.24, 2.45) is 0 Å². The first-order valence-electron chi connectivity index (χ1n) is 12.7. The highest BCUT2D eigenvalue weighted by Crippen LogP contribution is 2.27. The number of carboxylic acids is 3. The van der Waals surface area contributed by atoms with Crippen LogP contribution >= 0.6 is 0 Å². The third-order valence-corrected chi connectivity index (χ3v) is 7.12. The predicted octanol–water partition coefficient (Wildman–Crippen LogP) is 4.37. The molecule has 0 heterocycles. The number of aliphatic carboxylic acids is 3. The van der Waals surface area contributed by atoms with Gasteiger partial charge in [-0.25, -0.2) is 9.59 Å². The van der Waals surface area contributed by atoms with Crippen molar-refractivity contribution in [2.75, 3.05) is 6.54 Å². The summed E-state index contributed by atoms with van der Waals surface area (Å²) in [7, 11) is 0. The minimum Gasteiger partial charge on any atom is -0.544 e. The van der Waals surface area contributed by atoms with E-state index < -0.39 is 40.5 Å². The van der Waals surface area contributed by atoms with Crippen LogP contribution in [0, 0.1) is 0 Å². The number of carbonyl (C=O) groups excluding carboxylic acids is 1. The van der Waals surface area contributed by atoms with Crippen LogP contribution < -0.4 is 5.11 Å². The molecular formula is C25H47NO6. The first-order valence-corrected chi connectivity index (χ1v) is 12.7. The van der Waals surface area contributed by atoms with Gasteiger partial charge in [0, 0.05) is 0 Å². The van der Waals surface area contributed by atoms with Crippen LogP contribution in [0.3, 0.4) is 0 Å². The predicted molar refractivity (Wildman–Crippen MR) is 124 cm³/mol. The van der Waals surface area contributed by atoms with Crippen LogP contribution in [0.5, 0.6) is 0 Å². The molecule has 0 fully saturated rings. The van der Waals surface area contributed by atoms with E-state index in [9.17, 15) is 29.7 Å². The minimum atomic E-state index is -1.42. The van der Waals surface area contributed by atoms with Gasteiger partial charge in [-0.15, -0.1) is 0 Å². The van der Waals surface area contributed by atoms with E-state index in [-0.39, 0.29) is 6.54 Å². The van der Waals surface area contributed by atoms with E-state index in [1.165, 1.54) is 85.0 Å². The Balaban J connectivity index is 4.45. The smallest absolute Gasteiger partial charge is 0.362 e. The van der Waals surface area contributed by atoms with Gasteiger partial charge in [-0.3, -0.25) is 4.48 Å². The lowest BCUT2D eigenvalue weighted by Crippen LogP contribution is -2.72. The monoisotopic (exact) mass is 457 g/mol. The standard InChI is InChI=1S/C25H47NO6/c1-5-6-7-8-9-10-11-12-13-14-15-16-17-18-19-26(20(2)23(27)28,21(3)24(29)30)22(4)25(31)32/h20-22H,5-19H2,1-4H3,(H2-,27,28,29,30,31,32). The zero-order valence-electron chi connectivity index (χ0n) is 20.8. The third-order valence-electron chi connectivity index (χ3n) is 7.12.